The number of carboxylic acid groups (broad SMARTS) is 1. The molecule has 0 saturated heterocycles. The van der Waals surface area contributed by atoms with E-state index in [2.05, 4.69) is 5.32 Å². The van der Waals surface area contributed by atoms with E-state index in [1.54, 1.807) is 32.0 Å². The summed E-state index contributed by atoms with van der Waals surface area (Å²) in [5.74, 6) is -2.68. The molecular formula is C14H16N2O5. The number of carbonyl (C=O) groups is 2. The summed E-state index contributed by atoms with van der Waals surface area (Å²) >= 11 is 0. The first-order valence-electron chi connectivity index (χ1n) is 6.49. The highest BCUT2D eigenvalue weighted by atomic mass is 16.6. The maximum atomic E-state index is 12.0. The Labute approximate surface area is 121 Å². The van der Waals surface area contributed by atoms with Gasteiger partial charge in [0.2, 0.25) is 5.91 Å². The van der Waals surface area contributed by atoms with Crippen LogP contribution in [-0.4, -0.2) is 21.9 Å². The van der Waals surface area contributed by atoms with Gasteiger partial charge in [-0.15, -0.1) is 0 Å². The van der Waals surface area contributed by atoms with Crippen molar-refractivity contribution in [2.45, 2.75) is 20.4 Å². The molecule has 1 saturated carbocycles. The van der Waals surface area contributed by atoms with Crippen molar-refractivity contribution in [2.24, 2.45) is 17.3 Å². The van der Waals surface area contributed by atoms with Crippen molar-refractivity contribution in [1.29, 1.82) is 0 Å². The zero-order valence-electron chi connectivity index (χ0n) is 11.7. The number of rotatable bonds is 5. The summed E-state index contributed by atoms with van der Waals surface area (Å²) in [5.41, 5.74) is -0.262. The molecule has 0 heterocycles. The Balaban J connectivity index is 2.03. The minimum absolute atomic E-state index is 0.00884. The molecule has 2 N–H and O–H groups in total. The number of carbonyl (C=O) groups excluding carboxylic acids is 1. The monoisotopic (exact) mass is 292 g/mol. The van der Waals surface area contributed by atoms with Gasteiger partial charge in [0.05, 0.1) is 16.8 Å². The number of hydrogen-bond donors (Lipinski definition) is 2. The minimum atomic E-state index is -0.995. The van der Waals surface area contributed by atoms with Gasteiger partial charge in [0.25, 0.3) is 5.69 Å². The van der Waals surface area contributed by atoms with Crippen molar-refractivity contribution < 1.29 is 19.6 Å². The molecule has 7 nitrogen and oxygen atoms in total. The summed E-state index contributed by atoms with van der Waals surface area (Å²) < 4.78 is 0. The number of para-hydroxylation sites is 1. The quantitative estimate of drug-likeness (QED) is 0.632. The van der Waals surface area contributed by atoms with Crippen LogP contribution in [0, 0.1) is 27.4 Å². The molecule has 1 aromatic carbocycles. The van der Waals surface area contributed by atoms with Gasteiger partial charge in [0.15, 0.2) is 0 Å². The van der Waals surface area contributed by atoms with Gasteiger partial charge < -0.3 is 10.4 Å². The smallest absolute Gasteiger partial charge is 0.307 e. The number of aliphatic carboxylic acids is 1. The Morgan fingerprint density at radius 3 is 2.48 bits per heavy atom. The third kappa shape index (κ3) is 2.72. The minimum Gasteiger partial charge on any atom is -0.481 e. The number of benzene rings is 1. The van der Waals surface area contributed by atoms with Gasteiger partial charge in [-0.3, -0.25) is 19.7 Å². The fourth-order valence-corrected chi connectivity index (χ4v) is 2.72. The average Bonchev–Trinajstić information content (AvgIpc) is 2.99. The molecule has 2 rings (SSSR count). The Hall–Kier alpha value is -2.44. The van der Waals surface area contributed by atoms with Crippen LogP contribution in [0.3, 0.4) is 0 Å². The Bertz CT molecular complexity index is 611. The highest BCUT2D eigenvalue weighted by molar-refractivity contribution is 5.91. The third-order valence-electron chi connectivity index (χ3n) is 4.02. The molecule has 1 aliphatic rings. The first kappa shape index (κ1) is 15.0. The van der Waals surface area contributed by atoms with Crippen LogP contribution in [0.1, 0.15) is 19.4 Å². The summed E-state index contributed by atoms with van der Waals surface area (Å²) in [6.45, 7) is 3.46. The van der Waals surface area contributed by atoms with E-state index in [0.29, 0.717) is 5.56 Å². The Morgan fingerprint density at radius 1 is 1.33 bits per heavy atom. The maximum Gasteiger partial charge on any atom is 0.307 e. The van der Waals surface area contributed by atoms with Gasteiger partial charge in [-0.25, -0.2) is 0 Å². The van der Waals surface area contributed by atoms with E-state index in [1.807, 2.05) is 0 Å². The van der Waals surface area contributed by atoms with Crippen molar-refractivity contribution in [3.05, 3.63) is 39.9 Å². The summed E-state index contributed by atoms with van der Waals surface area (Å²) in [4.78, 5) is 33.4. The SMILES string of the molecule is CC1(C)[C@H](C(=O)O)[C@@H]1C(=O)NCc1ccccc1[N+](=O)[O-]. The molecule has 0 bridgehead atoms. The van der Waals surface area contributed by atoms with Crippen LogP contribution in [0.4, 0.5) is 5.69 Å². The fraction of sp³-hybridized carbons (Fsp3) is 0.429. The molecule has 1 aliphatic carbocycles. The Morgan fingerprint density at radius 2 is 1.95 bits per heavy atom. The second-order valence-corrected chi connectivity index (χ2v) is 5.72. The number of nitro groups is 1. The highest BCUT2D eigenvalue weighted by Crippen LogP contribution is 2.58. The molecule has 21 heavy (non-hydrogen) atoms. The number of carboxylic acids is 1. The molecule has 0 aromatic heterocycles. The van der Waals surface area contributed by atoms with E-state index in [1.165, 1.54) is 6.07 Å². The number of nitrogens with one attached hydrogen (secondary N) is 1. The lowest BCUT2D eigenvalue weighted by Gasteiger charge is -2.06. The molecule has 0 spiro atoms. The van der Waals surface area contributed by atoms with E-state index >= 15 is 0 Å². The standard InChI is InChI=1S/C14H16N2O5/c1-14(2)10(11(14)13(18)19)12(17)15-7-8-5-3-4-6-9(8)16(20)21/h3-6,10-11H,7H2,1-2H3,(H,15,17)(H,18,19)/t10-,11+/m1/s1. The lowest BCUT2D eigenvalue weighted by atomic mass is 10.1. The molecule has 0 radical (unpaired) electrons. The van der Waals surface area contributed by atoms with E-state index in [-0.39, 0.29) is 18.1 Å². The molecule has 2 atom stereocenters. The van der Waals surface area contributed by atoms with Crippen LogP contribution in [0.5, 0.6) is 0 Å². The molecular weight excluding hydrogens is 276 g/mol. The van der Waals surface area contributed by atoms with Crippen LogP contribution in [0.2, 0.25) is 0 Å². The van der Waals surface area contributed by atoms with Crippen molar-refractivity contribution in [2.75, 3.05) is 0 Å². The van der Waals surface area contributed by atoms with E-state index < -0.39 is 28.1 Å². The average molecular weight is 292 g/mol. The van der Waals surface area contributed by atoms with Crippen molar-refractivity contribution in [3.8, 4) is 0 Å². The molecule has 1 aromatic rings. The first-order valence-corrected chi connectivity index (χ1v) is 6.49. The van der Waals surface area contributed by atoms with Crippen LogP contribution < -0.4 is 5.32 Å². The summed E-state index contributed by atoms with van der Waals surface area (Å²) in [6, 6.07) is 6.12. The molecule has 7 heteroatoms. The zero-order chi connectivity index (χ0) is 15.8. The highest BCUT2D eigenvalue weighted by Gasteiger charge is 2.65. The van der Waals surface area contributed by atoms with Gasteiger partial charge >= 0.3 is 5.97 Å². The first-order chi connectivity index (χ1) is 9.76. The molecule has 0 aliphatic heterocycles. The largest absolute Gasteiger partial charge is 0.481 e. The Kier molecular flexibility index (Phi) is 3.67. The number of amides is 1. The van der Waals surface area contributed by atoms with E-state index in [4.69, 9.17) is 5.11 Å². The lowest BCUT2D eigenvalue weighted by molar-refractivity contribution is -0.385. The molecule has 1 amide bonds. The van der Waals surface area contributed by atoms with E-state index in [9.17, 15) is 19.7 Å². The molecule has 112 valence electrons. The van der Waals surface area contributed by atoms with Crippen LogP contribution in [0.25, 0.3) is 0 Å². The zero-order valence-corrected chi connectivity index (χ0v) is 11.7. The summed E-state index contributed by atoms with van der Waals surface area (Å²) in [7, 11) is 0. The second kappa shape index (κ2) is 5.16. The third-order valence-corrected chi connectivity index (χ3v) is 4.02. The van der Waals surface area contributed by atoms with Gasteiger partial charge in [0.1, 0.15) is 0 Å². The topological polar surface area (TPSA) is 110 Å². The second-order valence-electron chi connectivity index (χ2n) is 5.72. The summed E-state index contributed by atoms with van der Waals surface area (Å²) in [6.07, 6.45) is 0. The van der Waals surface area contributed by atoms with Gasteiger partial charge in [-0.05, 0) is 5.41 Å². The van der Waals surface area contributed by atoms with Crippen molar-refractivity contribution >= 4 is 17.6 Å². The lowest BCUT2D eigenvalue weighted by Crippen LogP contribution is -2.27. The van der Waals surface area contributed by atoms with Gasteiger partial charge in [-0.2, -0.15) is 0 Å². The number of nitrogens with zero attached hydrogens (tertiary/aromatic N) is 1. The van der Waals surface area contributed by atoms with Gasteiger partial charge in [0, 0.05) is 18.2 Å². The molecule has 0 unspecified atom stereocenters. The van der Waals surface area contributed by atoms with Crippen molar-refractivity contribution in [1.82, 2.24) is 5.32 Å². The fourth-order valence-electron chi connectivity index (χ4n) is 2.72. The molecule has 1 fully saturated rings. The van der Waals surface area contributed by atoms with E-state index in [0.717, 1.165) is 0 Å². The van der Waals surface area contributed by atoms with Crippen LogP contribution >= 0.6 is 0 Å². The normalized spacial score (nSPS) is 22.4. The number of hydrogen-bond acceptors (Lipinski definition) is 4. The summed E-state index contributed by atoms with van der Waals surface area (Å²) in [5, 5.41) is 22.5. The maximum absolute atomic E-state index is 12.0. The van der Waals surface area contributed by atoms with Gasteiger partial charge in [-0.1, -0.05) is 32.0 Å². The predicted molar refractivity (Wildman–Crippen MR) is 73.3 cm³/mol. The van der Waals surface area contributed by atoms with Crippen molar-refractivity contribution in [3.63, 3.8) is 0 Å². The predicted octanol–water partition coefficient (Wildman–Crippen LogP) is 1.57. The van der Waals surface area contributed by atoms with Crippen LogP contribution in [-0.2, 0) is 16.1 Å². The number of nitro benzene ring substituents is 1. The van der Waals surface area contributed by atoms with Crippen LogP contribution in [0.15, 0.2) is 24.3 Å².